The normalized spacial score (nSPS) is 23.2. The molecule has 0 amide bonds. The first-order chi connectivity index (χ1) is 7.24. The van der Waals surface area contributed by atoms with E-state index in [1.807, 2.05) is 6.92 Å². The fraction of sp³-hybridized carbons (Fsp3) is 0.727. The van der Waals surface area contributed by atoms with Crippen molar-refractivity contribution in [2.45, 2.75) is 38.8 Å². The van der Waals surface area contributed by atoms with Crippen molar-refractivity contribution in [2.75, 3.05) is 11.5 Å². The zero-order valence-electron chi connectivity index (χ0n) is 9.42. The average molecular weight is 225 g/mol. The van der Waals surface area contributed by atoms with Crippen molar-refractivity contribution >= 4 is 11.8 Å². The van der Waals surface area contributed by atoms with E-state index in [0.717, 1.165) is 17.8 Å². The molecule has 15 heavy (non-hydrogen) atoms. The van der Waals surface area contributed by atoms with Gasteiger partial charge in [0.2, 0.25) is 0 Å². The van der Waals surface area contributed by atoms with Gasteiger partial charge in [0, 0.05) is 30.0 Å². The Kier molecular flexibility index (Phi) is 3.70. The van der Waals surface area contributed by atoms with Crippen molar-refractivity contribution in [3.63, 3.8) is 0 Å². The van der Waals surface area contributed by atoms with Crippen molar-refractivity contribution in [1.29, 1.82) is 0 Å². The third kappa shape index (κ3) is 3.24. The molecule has 1 aromatic rings. The molecule has 2 heterocycles. The number of thioether (sulfide) groups is 1. The minimum Gasteiger partial charge on any atom is -0.310 e. The number of aryl methyl sites for hydroxylation is 1. The molecule has 1 saturated heterocycles. The number of aromatic nitrogens is 2. The molecule has 2 unspecified atom stereocenters. The fourth-order valence-corrected chi connectivity index (χ4v) is 3.19. The van der Waals surface area contributed by atoms with Crippen molar-refractivity contribution in [3.05, 3.63) is 17.5 Å². The van der Waals surface area contributed by atoms with Crippen LogP contribution in [0.1, 0.15) is 24.7 Å². The summed E-state index contributed by atoms with van der Waals surface area (Å²) >= 11 is 2.05. The van der Waals surface area contributed by atoms with Gasteiger partial charge in [0.1, 0.15) is 0 Å². The molecule has 1 fully saturated rings. The second-order valence-electron chi connectivity index (χ2n) is 4.37. The highest BCUT2D eigenvalue weighted by molar-refractivity contribution is 7.99. The average Bonchev–Trinajstić information content (AvgIpc) is 2.77. The molecule has 0 aliphatic carbocycles. The molecule has 1 aliphatic heterocycles. The number of nitrogens with zero attached hydrogens (tertiary/aromatic N) is 1. The van der Waals surface area contributed by atoms with Gasteiger partial charge in [-0.1, -0.05) is 0 Å². The molecule has 1 aromatic heterocycles. The Morgan fingerprint density at radius 2 is 2.60 bits per heavy atom. The first kappa shape index (κ1) is 11.0. The zero-order valence-corrected chi connectivity index (χ0v) is 10.2. The second-order valence-corrected chi connectivity index (χ2v) is 5.52. The standard InChI is InChI=1S/C11H19N3S/c1-8(12-10-3-4-15-7-10)5-11-6-9(2)13-14-11/h6,8,10,12H,3-5,7H2,1-2H3,(H,13,14). The van der Waals surface area contributed by atoms with Crippen molar-refractivity contribution in [2.24, 2.45) is 0 Å². The van der Waals surface area contributed by atoms with Crippen LogP contribution in [0.5, 0.6) is 0 Å². The first-order valence-electron chi connectivity index (χ1n) is 5.58. The maximum Gasteiger partial charge on any atom is 0.0640 e. The van der Waals surface area contributed by atoms with E-state index in [9.17, 15) is 0 Å². The van der Waals surface area contributed by atoms with Gasteiger partial charge in [-0.3, -0.25) is 5.10 Å². The second kappa shape index (κ2) is 5.03. The quantitative estimate of drug-likeness (QED) is 0.820. The van der Waals surface area contributed by atoms with Crippen LogP contribution in [-0.4, -0.2) is 33.8 Å². The Labute approximate surface area is 95.4 Å². The zero-order chi connectivity index (χ0) is 10.7. The van der Waals surface area contributed by atoms with E-state index in [2.05, 4.69) is 40.3 Å². The monoisotopic (exact) mass is 225 g/mol. The summed E-state index contributed by atoms with van der Waals surface area (Å²) in [4.78, 5) is 0. The summed E-state index contributed by atoms with van der Waals surface area (Å²) in [5, 5.41) is 10.9. The highest BCUT2D eigenvalue weighted by Crippen LogP contribution is 2.17. The van der Waals surface area contributed by atoms with Crippen LogP contribution in [-0.2, 0) is 6.42 Å². The van der Waals surface area contributed by atoms with Gasteiger partial charge >= 0.3 is 0 Å². The molecular weight excluding hydrogens is 206 g/mol. The molecule has 0 bridgehead atoms. The number of rotatable bonds is 4. The minimum atomic E-state index is 0.524. The van der Waals surface area contributed by atoms with Crippen LogP contribution in [0.15, 0.2) is 6.07 Å². The summed E-state index contributed by atoms with van der Waals surface area (Å²) in [6.07, 6.45) is 2.33. The molecule has 1 aliphatic rings. The smallest absolute Gasteiger partial charge is 0.0640 e. The summed E-state index contributed by atoms with van der Waals surface area (Å²) < 4.78 is 0. The molecule has 3 nitrogen and oxygen atoms in total. The maximum atomic E-state index is 4.26. The van der Waals surface area contributed by atoms with Gasteiger partial charge in [0.25, 0.3) is 0 Å². The summed E-state index contributed by atoms with van der Waals surface area (Å²) in [6.45, 7) is 4.29. The topological polar surface area (TPSA) is 40.7 Å². The van der Waals surface area contributed by atoms with E-state index >= 15 is 0 Å². The summed E-state index contributed by atoms with van der Waals surface area (Å²) in [5.74, 6) is 2.58. The number of aromatic amines is 1. The summed E-state index contributed by atoms with van der Waals surface area (Å²) in [7, 11) is 0. The molecule has 2 atom stereocenters. The summed E-state index contributed by atoms with van der Waals surface area (Å²) in [5.41, 5.74) is 2.31. The Morgan fingerprint density at radius 1 is 1.73 bits per heavy atom. The lowest BCUT2D eigenvalue weighted by atomic mass is 10.1. The fourth-order valence-electron chi connectivity index (χ4n) is 2.02. The molecule has 4 heteroatoms. The molecular formula is C11H19N3S. The van der Waals surface area contributed by atoms with Crippen LogP contribution in [0, 0.1) is 6.92 Å². The van der Waals surface area contributed by atoms with Crippen LogP contribution in [0.25, 0.3) is 0 Å². The highest BCUT2D eigenvalue weighted by atomic mass is 32.2. The lowest BCUT2D eigenvalue weighted by Crippen LogP contribution is -2.37. The molecule has 2 rings (SSSR count). The van der Waals surface area contributed by atoms with Gasteiger partial charge < -0.3 is 5.32 Å². The molecule has 2 N–H and O–H groups in total. The minimum absolute atomic E-state index is 0.524. The number of H-pyrrole nitrogens is 1. The predicted octanol–water partition coefficient (Wildman–Crippen LogP) is 1.74. The Hall–Kier alpha value is -0.480. The molecule has 0 aromatic carbocycles. The lowest BCUT2D eigenvalue weighted by Gasteiger charge is -2.17. The summed E-state index contributed by atoms with van der Waals surface area (Å²) in [6, 6.07) is 3.36. The lowest BCUT2D eigenvalue weighted by molar-refractivity contribution is 0.467. The van der Waals surface area contributed by atoms with Crippen molar-refractivity contribution < 1.29 is 0 Å². The maximum absolute atomic E-state index is 4.26. The van der Waals surface area contributed by atoms with Crippen LogP contribution < -0.4 is 5.32 Å². The van der Waals surface area contributed by atoms with E-state index < -0.39 is 0 Å². The van der Waals surface area contributed by atoms with Gasteiger partial charge in [-0.15, -0.1) is 0 Å². The third-order valence-electron chi connectivity index (χ3n) is 2.72. The Balaban J connectivity index is 1.78. The van der Waals surface area contributed by atoms with Crippen LogP contribution in [0.2, 0.25) is 0 Å². The van der Waals surface area contributed by atoms with Crippen molar-refractivity contribution in [1.82, 2.24) is 15.5 Å². The third-order valence-corrected chi connectivity index (χ3v) is 3.89. The molecule has 0 saturated carbocycles. The first-order valence-corrected chi connectivity index (χ1v) is 6.74. The van der Waals surface area contributed by atoms with E-state index in [-0.39, 0.29) is 0 Å². The van der Waals surface area contributed by atoms with Gasteiger partial charge in [0.15, 0.2) is 0 Å². The van der Waals surface area contributed by atoms with Gasteiger partial charge in [-0.2, -0.15) is 16.9 Å². The largest absolute Gasteiger partial charge is 0.310 e. The number of hydrogen-bond acceptors (Lipinski definition) is 3. The van der Waals surface area contributed by atoms with Crippen molar-refractivity contribution in [3.8, 4) is 0 Å². The van der Waals surface area contributed by atoms with E-state index in [1.165, 1.54) is 17.9 Å². The van der Waals surface area contributed by atoms with E-state index in [1.54, 1.807) is 0 Å². The molecule has 0 spiro atoms. The molecule has 0 radical (unpaired) electrons. The predicted molar refractivity (Wildman–Crippen MR) is 65.4 cm³/mol. The number of nitrogens with one attached hydrogen (secondary N) is 2. The van der Waals surface area contributed by atoms with E-state index in [4.69, 9.17) is 0 Å². The van der Waals surface area contributed by atoms with Gasteiger partial charge in [-0.05, 0) is 32.1 Å². The highest BCUT2D eigenvalue weighted by Gasteiger charge is 2.17. The van der Waals surface area contributed by atoms with Crippen LogP contribution >= 0.6 is 11.8 Å². The van der Waals surface area contributed by atoms with Gasteiger partial charge in [0.05, 0.1) is 5.69 Å². The molecule has 84 valence electrons. The Morgan fingerprint density at radius 3 is 3.20 bits per heavy atom. The Bertz CT molecular complexity index is 305. The number of hydrogen-bond donors (Lipinski definition) is 2. The van der Waals surface area contributed by atoms with Crippen LogP contribution in [0.3, 0.4) is 0 Å². The van der Waals surface area contributed by atoms with Gasteiger partial charge in [-0.25, -0.2) is 0 Å². The van der Waals surface area contributed by atoms with Crippen LogP contribution in [0.4, 0.5) is 0 Å². The van der Waals surface area contributed by atoms with E-state index in [0.29, 0.717) is 12.1 Å². The SMILES string of the molecule is Cc1cc(CC(C)NC2CCSC2)n[nH]1.